The highest BCUT2D eigenvalue weighted by Crippen LogP contribution is 2.21. The lowest BCUT2D eigenvalue weighted by Crippen LogP contribution is -2.07. The Kier molecular flexibility index (Phi) is 5.55. The molecule has 2 rings (SSSR count). The van der Waals surface area contributed by atoms with E-state index >= 15 is 0 Å². The van der Waals surface area contributed by atoms with E-state index in [0.717, 1.165) is 24.4 Å². The minimum Gasteiger partial charge on any atom is -0.362 e. The first-order valence-corrected chi connectivity index (χ1v) is 7.86. The molecule has 20 heavy (non-hydrogen) atoms. The summed E-state index contributed by atoms with van der Waals surface area (Å²) in [5.74, 6) is 1.22. The SMILES string of the molecule is CCCNc1ncc(Cl)c(NCc2ncc(CC)s2)n1. The summed E-state index contributed by atoms with van der Waals surface area (Å²) in [5.41, 5.74) is 0. The van der Waals surface area contributed by atoms with Crippen molar-refractivity contribution in [3.8, 4) is 0 Å². The van der Waals surface area contributed by atoms with Crippen molar-refractivity contribution in [1.29, 1.82) is 0 Å². The molecule has 0 aromatic carbocycles. The van der Waals surface area contributed by atoms with Crippen LogP contribution in [0.1, 0.15) is 30.2 Å². The van der Waals surface area contributed by atoms with Crippen LogP contribution in [-0.2, 0) is 13.0 Å². The highest BCUT2D eigenvalue weighted by atomic mass is 35.5. The van der Waals surface area contributed by atoms with Crippen molar-refractivity contribution >= 4 is 34.7 Å². The Morgan fingerprint density at radius 1 is 1.20 bits per heavy atom. The van der Waals surface area contributed by atoms with Crippen molar-refractivity contribution in [2.75, 3.05) is 17.2 Å². The third kappa shape index (κ3) is 4.05. The van der Waals surface area contributed by atoms with E-state index in [0.29, 0.717) is 23.3 Å². The van der Waals surface area contributed by atoms with Gasteiger partial charge in [0.2, 0.25) is 5.95 Å². The van der Waals surface area contributed by atoms with Gasteiger partial charge in [-0.05, 0) is 12.8 Å². The van der Waals surface area contributed by atoms with E-state index in [9.17, 15) is 0 Å². The Hall–Kier alpha value is -1.40. The van der Waals surface area contributed by atoms with Gasteiger partial charge >= 0.3 is 0 Å². The van der Waals surface area contributed by atoms with E-state index in [2.05, 4.69) is 39.4 Å². The van der Waals surface area contributed by atoms with Gasteiger partial charge in [0.15, 0.2) is 5.82 Å². The number of thiazole rings is 1. The Labute approximate surface area is 127 Å². The summed E-state index contributed by atoms with van der Waals surface area (Å²) >= 11 is 7.80. The summed E-state index contributed by atoms with van der Waals surface area (Å²) in [7, 11) is 0. The van der Waals surface area contributed by atoms with Crippen LogP contribution in [0, 0.1) is 0 Å². The molecule has 0 bridgehead atoms. The Balaban J connectivity index is 2.00. The fraction of sp³-hybridized carbons (Fsp3) is 0.462. The molecule has 0 aliphatic carbocycles. The Morgan fingerprint density at radius 3 is 2.75 bits per heavy atom. The molecule has 0 radical (unpaired) electrons. The summed E-state index contributed by atoms with van der Waals surface area (Å²) in [6.07, 6.45) is 5.55. The van der Waals surface area contributed by atoms with Gasteiger partial charge in [0.1, 0.15) is 10.0 Å². The molecule has 0 amide bonds. The third-order valence-corrected chi connectivity index (χ3v) is 4.05. The summed E-state index contributed by atoms with van der Waals surface area (Å²) in [6, 6.07) is 0. The number of halogens is 1. The average molecular weight is 312 g/mol. The van der Waals surface area contributed by atoms with E-state index in [-0.39, 0.29) is 0 Å². The molecule has 0 aliphatic heterocycles. The van der Waals surface area contributed by atoms with Crippen molar-refractivity contribution in [2.24, 2.45) is 0 Å². The van der Waals surface area contributed by atoms with Gasteiger partial charge in [0.25, 0.3) is 0 Å². The molecule has 0 saturated carbocycles. The van der Waals surface area contributed by atoms with Crippen LogP contribution in [0.15, 0.2) is 12.4 Å². The lowest BCUT2D eigenvalue weighted by molar-refractivity contribution is 0.950. The van der Waals surface area contributed by atoms with E-state index in [4.69, 9.17) is 11.6 Å². The average Bonchev–Trinajstić information content (AvgIpc) is 2.93. The molecule has 0 aliphatic rings. The molecule has 2 N–H and O–H groups in total. The summed E-state index contributed by atoms with van der Waals surface area (Å²) in [4.78, 5) is 14.1. The second-order valence-corrected chi connectivity index (χ2v) is 5.85. The number of hydrogen-bond donors (Lipinski definition) is 2. The quantitative estimate of drug-likeness (QED) is 0.818. The zero-order chi connectivity index (χ0) is 14.4. The molecule has 7 heteroatoms. The zero-order valence-corrected chi connectivity index (χ0v) is 13.2. The number of nitrogens with one attached hydrogen (secondary N) is 2. The second-order valence-electron chi connectivity index (χ2n) is 4.24. The minimum atomic E-state index is 0.513. The highest BCUT2D eigenvalue weighted by molar-refractivity contribution is 7.11. The molecule has 2 aromatic rings. The lowest BCUT2D eigenvalue weighted by Gasteiger charge is -2.08. The fourth-order valence-electron chi connectivity index (χ4n) is 1.57. The van der Waals surface area contributed by atoms with Crippen molar-refractivity contribution in [3.63, 3.8) is 0 Å². The van der Waals surface area contributed by atoms with Gasteiger partial charge in [0.05, 0.1) is 12.7 Å². The highest BCUT2D eigenvalue weighted by Gasteiger charge is 2.06. The largest absolute Gasteiger partial charge is 0.362 e. The van der Waals surface area contributed by atoms with Crippen molar-refractivity contribution < 1.29 is 0 Å². The molecule has 2 heterocycles. The van der Waals surface area contributed by atoms with E-state index in [1.807, 2.05) is 6.20 Å². The maximum atomic E-state index is 6.10. The van der Waals surface area contributed by atoms with E-state index in [1.54, 1.807) is 17.5 Å². The third-order valence-electron chi connectivity index (χ3n) is 2.63. The van der Waals surface area contributed by atoms with Crippen molar-refractivity contribution in [1.82, 2.24) is 15.0 Å². The van der Waals surface area contributed by atoms with Gasteiger partial charge < -0.3 is 10.6 Å². The van der Waals surface area contributed by atoms with Crippen LogP contribution >= 0.6 is 22.9 Å². The Morgan fingerprint density at radius 2 is 2.05 bits per heavy atom. The van der Waals surface area contributed by atoms with Gasteiger partial charge in [-0.25, -0.2) is 9.97 Å². The second kappa shape index (κ2) is 7.40. The van der Waals surface area contributed by atoms with Crippen LogP contribution in [0.5, 0.6) is 0 Å². The standard InChI is InChI=1S/C13H18ClN5S/c1-3-5-15-13-18-7-10(14)12(19-13)17-8-11-16-6-9(4-2)20-11/h6-7H,3-5,8H2,1-2H3,(H2,15,17,18,19). The van der Waals surface area contributed by atoms with Gasteiger partial charge in [-0.3, -0.25) is 0 Å². The normalized spacial score (nSPS) is 10.6. The van der Waals surface area contributed by atoms with Crippen LogP contribution < -0.4 is 10.6 Å². The summed E-state index contributed by atoms with van der Waals surface area (Å²) in [5, 5.41) is 7.89. The maximum Gasteiger partial charge on any atom is 0.224 e. The van der Waals surface area contributed by atoms with Crippen LogP contribution in [0.4, 0.5) is 11.8 Å². The molecular weight excluding hydrogens is 294 g/mol. The van der Waals surface area contributed by atoms with Crippen molar-refractivity contribution in [2.45, 2.75) is 33.2 Å². The fourth-order valence-corrected chi connectivity index (χ4v) is 2.53. The maximum absolute atomic E-state index is 6.10. The number of rotatable bonds is 7. The van der Waals surface area contributed by atoms with Gasteiger partial charge in [-0.15, -0.1) is 11.3 Å². The molecule has 0 fully saturated rings. The molecule has 108 valence electrons. The van der Waals surface area contributed by atoms with Crippen LogP contribution in [0.25, 0.3) is 0 Å². The summed E-state index contributed by atoms with van der Waals surface area (Å²) < 4.78 is 0. The van der Waals surface area contributed by atoms with Gasteiger partial charge in [0, 0.05) is 17.6 Å². The Bertz CT molecular complexity index is 557. The number of aromatic nitrogens is 3. The van der Waals surface area contributed by atoms with Crippen LogP contribution in [0.3, 0.4) is 0 Å². The molecule has 0 atom stereocenters. The van der Waals surface area contributed by atoms with E-state index < -0.39 is 0 Å². The molecule has 0 saturated heterocycles. The molecule has 2 aromatic heterocycles. The first-order chi connectivity index (χ1) is 9.72. The smallest absolute Gasteiger partial charge is 0.224 e. The summed E-state index contributed by atoms with van der Waals surface area (Å²) in [6.45, 7) is 5.68. The molecule has 5 nitrogen and oxygen atoms in total. The van der Waals surface area contributed by atoms with Crippen molar-refractivity contribution in [3.05, 3.63) is 27.3 Å². The first kappa shape index (κ1) is 15.0. The minimum absolute atomic E-state index is 0.513. The van der Waals surface area contributed by atoms with Gasteiger partial charge in [-0.1, -0.05) is 25.4 Å². The van der Waals surface area contributed by atoms with Crippen LogP contribution in [-0.4, -0.2) is 21.5 Å². The topological polar surface area (TPSA) is 62.7 Å². The molecular formula is C13H18ClN5S. The number of hydrogen-bond acceptors (Lipinski definition) is 6. The number of aryl methyl sites for hydroxylation is 1. The predicted molar refractivity (Wildman–Crippen MR) is 84.6 cm³/mol. The van der Waals surface area contributed by atoms with Gasteiger partial charge in [-0.2, -0.15) is 4.98 Å². The number of nitrogens with zero attached hydrogens (tertiary/aromatic N) is 3. The predicted octanol–water partition coefficient (Wildman–Crippen LogP) is 3.58. The monoisotopic (exact) mass is 311 g/mol. The molecule has 0 spiro atoms. The molecule has 0 unspecified atom stereocenters. The first-order valence-electron chi connectivity index (χ1n) is 6.66. The number of anilines is 2. The van der Waals surface area contributed by atoms with E-state index in [1.165, 1.54) is 4.88 Å². The van der Waals surface area contributed by atoms with Crippen LogP contribution in [0.2, 0.25) is 5.02 Å². The zero-order valence-electron chi connectivity index (χ0n) is 11.6. The lowest BCUT2D eigenvalue weighted by atomic mass is 10.4.